The summed E-state index contributed by atoms with van der Waals surface area (Å²) in [6.07, 6.45) is -2.58. The highest BCUT2D eigenvalue weighted by atomic mass is 35.5. The third-order valence-electron chi connectivity index (χ3n) is 1.42. The molecule has 0 bridgehead atoms. The Labute approximate surface area is 84.1 Å². The monoisotopic (exact) mass is 223 g/mol. The van der Waals surface area contributed by atoms with Crippen molar-refractivity contribution in [1.29, 1.82) is 0 Å². The molecular weight excluding hydrogens is 216 g/mol. The lowest BCUT2D eigenvalue weighted by Crippen LogP contribution is -2.10. The molecule has 1 rings (SSSR count). The molecule has 0 amide bonds. The number of ether oxygens (including phenoxy) is 1. The Balaban J connectivity index is 2.85. The number of anilines is 1. The van der Waals surface area contributed by atoms with E-state index < -0.39 is 13.0 Å². The van der Waals surface area contributed by atoms with E-state index in [2.05, 4.69) is 14.7 Å². The number of alkyl halides is 2. The molecule has 4 nitrogen and oxygen atoms in total. The second kappa shape index (κ2) is 4.36. The van der Waals surface area contributed by atoms with Gasteiger partial charge in [0.1, 0.15) is 5.69 Å². The molecule has 2 N–H and O–H groups in total. The Hall–Kier alpha value is -1.17. The van der Waals surface area contributed by atoms with Gasteiger partial charge in [0.25, 0.3) is 6.43 Å². The summed E-state index contributed by atoms with van der Waals surface area (Å²) in [6, 6.07) is 0. The van der Waals surface area contributed by atoms with Gasteiger partial charge in [-0.05, 0) is 18.5 Å². The van der Waals surface area contributed by atoms with Crippen LogP contribution in [0.1, 0.15) is 5.69 Å². The third-order valence-corrected chi connectivity index (χ3v) is 1.59. The van der Waals surface area contributed by atoms with Gasteiger partial charge in [-0.25, -0.2) is 13.8 Å². The van der Waals surface area contributed by atoms with E-state index in [-0.39, 0.29) is 16.9 Å². The Morgan fingerprint density at radius 2 is 2.14 bits per heavy atom. The molecular formula is C7H8ClF2N3O. The number of aryl methyl sites for hydroxylation is 1. The molecule has 0 spiro atoms. The van der Waals surface area contributed by atoms with Crippen molar-refractivity contribution in [3.63, 3.8) is 0 Å². The normalized spacial score (nSPS) is 10.6. The van der Waals surface area contributed by atoms with Crippen molar-refractivity contribution >= 4 is 17.3 Å². The van der Waals surface area contributed by atoms with Gasteiger partial charge in [-0.2, -0.15) is 4.98 Å². The van der Waals surface area contributed by atoms with E-state index in [0.29, 0.717) is 5.69 Å². The quantitative estimate of drug-likeness (QED) is 0.792. The zero-order valence-electron chi connectivity index (χ0n) is 7.30. The first-order valence-corrected chi connectivity index (χ1v) is 4.09. The molecule has 0 aliphatic rings. The molecule has 0 saturated heterocycles. The summed E-state index contributed by atoms with van der Waals surface area (Å²) in [7, 11) is 0. The van der Waals surface area contributed by atoms with Crippen LogP contribution in [0.3, 0.4) is 0 Å². The smallest absolute Gasteiger partial charge is 0.272 e. The van der Waals surface area contributed by atoms with E-state index in [1.807, 2.05) is 0 Å². The lowest BCUT2D eigenvalue weighted by atomic mass is 10.4. The first-order chi connectivity index (χ1) is 6.50. The van der Waals surface area contributed by atoms with Gasteiger partial charge in [0.05, 0.1) is 5.69 Å². The van der Waals surface area contributed by atoms with Crippen LogP contribution in [0.5, 0.6) is 5.88 Å². The topological polar surface area (TPSA) is 61.0 Å². The summed E-state index contributed by atoms with van der Waals surface area (Å²) in [5.41, 5.74) is 6.00. The fraction of sp³-hybridized carbons (Fsp3) is 0.429. The van der Waals surface area contributed by atoms with E-state index in [1.54, 1.807) is 6.92 Å². The molecule has 0 radical (unpaired) electrons. The summed E-state index contributed by atoms with van der Waals surface area (Å²) >= 11 is 5.49. The molecule has 0 fully saturated rings. The molecule has 78 valence electrons. The number of rotatable bonds is 3. The van der Waals surface area contributed by atoms with Gasteiger partial charge in [-0.3, -0.25) is 0 Å². The first-order valence-electron chi connectivity index (χ1n) is 3.71. The number of hydrogen-bond acceptors (Lipinski definition) is 4. The number of nitrogens with two attached hydrogens (primary N) is 1. The van der Waals surface area contributed by atoms with Gasteiger partial charge in [-0.1, -0.05) is 0 Å². The van der Waals surface area contributed by atoms with Crippen molar-refractivity contribution in [2.75, 3.05) is 12.3 Å². The molecule has 0 aromatic carbocycles. The maximum atomic E-state index is 11.8. The van der Waals surface area contributed by atoms with Gasteiger partial charge in [0.2, 0.25) is 11.2 Å². The van der Waals surface area contributed by atoms with E-state index in [0.717, 1.165) is 0 Å². The minimum Gasteiger partial charge on any atom is -0.470 e. The lowest BCUT2D eigenvalue weighted by Gasteiger charge is -2.08. The molecule has 0 saturated carbocycles. The predicted molar refractivity (Wildman–Crippen MR) is 47.7 cm³/mol. The van der Waals surface area contributed by atoms with Crippen LogP contribution in [-0.2, 0) is 0 Å². The highest BCUT2D eigenvalue weighted by Gasteiger charge is 2.11. The van der Waals surface area contributed by atoms with Crippen LogP contribution in [0.4, 0.5) is 14.5 Å². The maximum Gasteiger partial charge on any atom is 0.272 e. The van der Waals surface area contributed by atoms with Crippen LogP contribution >= 0.6 is 11.6 Å². The van der Waals surface area contributed by atoms with Crippen LogP contribution in [0.2, 0.25) is 5.28 Å². The molecule has 14 heavy (non-hydrogen) atoms. The minimum absolute atomic E-state index is 0.0824. The van der Waals surface area contributed by atoms with Gasteiger partial charge in [-0.15, -0.1) is 0 Å². The second-order valence-electron chi connectivity index (χ2n) is 2.50. The lowest BCUT2D eigenvalue weighted by molar-refractivity contribution is 0.0799. The average molecular weight is 224 g/mol. The number of nitrogen functional groups attached to an aromatic ring is 1. The molecule has 1 aromatic rings. The number of hydrogen-bond donors (Lipinski definition) is 1. The summed E-state index contributed by atoms with van der Waals surface area (Å²) in [6.45, 7) is 0.815. The van der Waals surface area contributed by atoms with Gasteiger partial charge in [0.15, 0.2) is 6.61 Å². The number of nitrogens with zero attached hydrogens (tertiary/aromatic N) is 2. The van der Waals surface area contributed by atoms with Crippen LogP contribution < -0.4 is 10.5 Å². The molecule has 1 aromatic heterocycles. The number of halogens is 3. The Bertz CT molecular complexity index is 335. The SMILES string of the molecule is Cc1nc(Cl)nc(OCC(F)F)c1N. The van der Waals surface area contributed by atoms with Gasteiger partial charge < -0.3 is 10.5 Å². The summed E-state index contributed by atoms with van der Waals surface area (Å²) in [4.78, 5) is 7.30. The van der Waals surface area contributed by atoms with Crippen molar-refractivity contribution in [1.82, 2.24) is 9.97 Å². The highest BCUT2D eigenvalue weighted by molar-refractivity contribution is 6.28. The minimum atomic E-state index is -2.58. The molecule has 7 heteroatoms. The third kappa shape index (κ3) is 2.66. The Morgan fingerprint density at radius 3 is 2.71 bits per heavy atom. The fourth-order valence-corrected chi connectivity index (χ4v) is 0.978. The summed E-state index contributed by atoms with van der Waals surface area (Å²) in [5, 5.41) is -0.0824. The van der Waals surface area contributed by atoms with Crippen LogP contribution in [-0.4, -0.2) is 23.0 Å². The number of aromatic nitrogens is 2. The van der Waals surface area contributed by atoms with E-state index in [9.17, 15) is 8.78 Å². The molecule has 0 aliphatic heterocycles. The van der Waals surface area contributed by atoms with E-state index >= 15 is 0 Å². The first kappa shape index (κ1) is 10.9. The standard InChI is InChI=1S/C7H8ClF2N3O/c1-3-5(11)6(13-7(8)12-3)14-2-4(9)10/h4H,2,11H2,1H3. The molecule has 1 heterocycles. The van der Waals surface area contributed by atoms with E-state index in [4.69, 9.17) is 17.3 Å². The van der Waals surface area contributed by atoms with Crippen LogP contribution in [0.25, 0.3) is 0 Å². The van der Waals surface area contributed by atoms with Crippen molar-refractivity contribution in [2.24, 2.45) is 0 Å². The molecule has 0 atom stereocenters. The van der Waals surface area contributed by atoms with Crippen molar-refractivity contribution in [3.05, 3.63) is 11.0 Å². The zero-order chi connectivity index (χ0) is 10.7. The zero-order valence-corrected chi connectivity index (χ0v) is 8.05. The fourth-order valence-electron chi connectivity index (χ4n) is 0.774. The summed E-state index contributed by atoms with van der Waals surface area (Å²) < 4.78 is 28.3. The van der Waals surface area contributed by atoms with Crippen LogP contribution in [0.15, 0.2) is 0 Å². The second-order valence-corrected chi connectivity index (χ2v) is 2.84. The van der Waals surface area contributed by atoms with Crippen LogP contribution in [0, 0.1) is 6.92 Å². The molecule has 0 aliphatic carbocycles. The maximum absolute atomic E-state index is 11.8. The van der Waals surface area contributed by atoms with E-state index in [1.165, 1.54) is 0 Å². The van der Waals surface area contributed by atoms with Crippen molar-refractivity contribution in [3.8, 4) is 5.88 Å². The highest BCUT2D eigenvalue weighted by Crippen LogP contribution is 2.22. The Morgan fingerprint density at radius 1 is 1.50 bits per heavy atom. The predicted octanol–water partition coefficient (Wildman–Crippen LogP) is 1.66. The summed E-state index contributed by atoms with van der Waals surface area (Å²) in [5.74, 6) is -0.109. The van der Waals surface area contributed by atoms with Gasteiger partial charge in [0, 0.05) is 0 Å². The average Bonchev–Trinajstić information content (AvgIpc) is 2.08. The van der Waals surface area contributed by atoms with Crippen molar-refractivity contribution < 1.29 is 13.5 Å². The largest absolute Gasteiger partial charge is 0.470 e. The Kier molecular flexibility index (Phi) is 3.40. The van der Waals surface area contributed by atoms with Gasteiger partial charge >= 0.3 is 0 Å². The molecule has 0 unspecified atom stereocenters. The van der Waals surface area contributed by atoms with Crippen molar-refractivity contribution in [2.45, 2.75) is 13.3 Å².